The average Bonchev–Trinajstić information content (AvgIpc) is 2.83. The molecule has 2 amide bonds. The molecule has 0 bridgehead atoms. The van der Waals surface area contributed by atoms with Gasteiger partial charge in [-0.3, -0.25) is 9.59 Å². The van der Waals surface area contributed by atoms with Crippen LogP contribution < -0.4 is 10.1 Å². The lowest BCUT2D eigenvalue weighted by Crippen LogP contribution is -2.50. The number of ether oxygens (including phenoxy) is 1. The predicted octanol–water partition coefficient (Wildman–Crippen LogP) is 5.08. The average molecular weight is 451 g/mol. The fraction of sp³-hybridized carbons (Fsp3) is 0.333. The van der Waals surface area contributed by atoms with Crippen LogP contribution in [0.3, 0.4) is 0 Å². The smallest absolute Gasteiger partial charge is 0.261 e. The third-order valence-corrected chi connectivity index (χ3v) is 5.58. The van der Waals surface area contributed by atoms with Crippen LogP contribution in [-0.2, 0) is 16.1 Å². The van der Waals surface area contributed by atoms with Crippen molar-refractivity contribution in [2.24, 2.45) is 0 Å². The molecule has 3 aromatic rings. The van der Waals surface area contributed by atoms with Crippen LogP contribution >= 0.6 is 0 Å². The summed E-state index contributed by atoms with van der Waals surface area (Å²) in [6.45, 7) is 4.49. The summed E-state index contributed by atoms with van der Waals surface area (Å²) in [5.74, 6) is -0.222. The van der Waals surface area contributed by atoms with Crippen molar-refractivity contribution < 1.29 is 18.7 Å². The highest BCUT2D eigenvalue weighted by Crippen LogP contribution is 2.25. The van der Waals surface area contributed by atoms with Gasteiger partial charge >= 0.3 is 0 Å². The van der Waals surface area contributed by atoms with Crippen LogP contribution in [0.2, 0.25) is 0 Å². The minimum atomic E-state index is -0.643. The first kappa shape index (κ1) is 24.2. The Bertz CT molecular complexity index is 1060. The van der Waals surface area contributed by atoms with Gasteiger partial charge in [-0.25, -0.2) is 4.39 Å². The minimum Gasteiger partial charge on any atom is -0.483 e. The topological polar surface area (TPSA) is 58.6 Å². The molecule has 0 saturated heterocycles. The second kappa shape index (κ2) is 12.0. The Balaban J connectivity index is 1.79. The second-order valence-electron chi connectivity index (χ2n) is 7.98. The summed E-state index contributed by atoms with van der Waals surface area (Å²) >= 11 is 0. The number of unbranched alkanes of at least 4 members (excludes halogenated alkanes) is 1. The molecule has 0 unspecified atom stereocenters. The molecule has 1 atom stereocenters. The van der Waals surface area contributed by atoms with Crippen LogP contribution in [0.4, 0.5) is 4.39 Å². The van der Waals surface area contributed by atoms with E-state index in [1.807, 2.05) is 49.4 Å². The summed E-state index contributed by atoms with van der Waals surface area (Å²) in [7, 11) is 0. The molecule has 0 aliphatic carbocycles. The number of hydrogen-bond donors (Lipinski definition) is 1. The molecule has 0 fully saturated rings. The van der Waals surface area contributed by atoms with E-state index >= 15 is 0 Å². The van der Waals surface area contributed by atoms with Gasteiger partial charge in [-0.15, -0.1) is 0 Å². The number of nitrogens with zero attached hydrogens (tertiary/aromatic N) is 1. The highest BCUT2D eigenvalue weighted by Gasteiger charge is 2.29. The van der Waals surface area contributed by atoms with Gasteiger partial charge in [-0.05, 0) is 42.0 Å². The maximum Gasteiger partial charge on any atom is 0.261 e. The summed E-state index contributed by atoms with van der Waals surface area (Å²) in [6, 6.07) is 18.8. The highest BCUT2D eigenvalue weighted by atomic mass is 19.1. The van der Waals surface area contributed by atoms with Gasteiger partial charge in [0.1, 0.15) is 17.6 Å². The number of carbonyl (C=O) groups is 2. The molecule has 1 N–H and O–H groups in total. The van der Waals surface area contributed by atoms with Crippen LogP contribution in [0.1, 0.15) is 38.7 Å². The van der Waals surface area contributed by atoms with E-state index in [0.717, 1.165) is 29.2 Å². The third-order valence-electron chi connectivity index (χ3n) is 5.58. The Labute approximate surface area is 194 Å². The van der Waals surface area contributed by atoms with Crippen molar-refractivity contribution in [3.63, 3.8) is 0 Å². The van der Waals surface area contributed by atoms with Crippen LogP contribution in [0, 0.1) is 5.82 Å². The lowest BCUT2D eigenvalue weighted by molar-refractivity contribution is -0.142. The van der Waals surface area contributed by atoms with Gasteiger partial charge in [-0.1, -0.05) is 68.8 Å². The molecule has 3 rings (SSSR count). The van der Waals surface area contributed by atoms with Crippen molar-refractivity contribution in [3.8, 4) is 5.75 Å². The summed E-state index contributed by atoms with van der Waals surface area (Å²) in [5, 5.41) is 4.87. The highest BCUT2D eigenvalue weighted by molar-refractivity contribution is 5.90. The molecule has 33 heavy (non-hydrogen) atoms. The number of nitrogens with one attached hydrogen (secondary N) is 1. The minimum absolute atomic E-state index is 0.188. The summed E-state index contributed by atoms with van der Waals surface area (Å²) < 4.78 is 19.3. The number of carbonyl (C=O) groups excluding carboxylic acids is 2. The molecule has 174 valence electrons. The number of rotatable bonds is 11. The normalized spacial score (nSPS) is 11.7. The van der Waals surface area contributed by atoms with E-state index in [2.05, 4.69) is 12.2 Å². The van der Waals surface area contributed by atoms with Crippen LogP contribution in [-0.4, -0.2) is 35.9 Å². The Hall–Kier alpha value is -3.41. The van der Waals surface area contributed by atoms with Crippen molar-refractivity contribution in [1.29, 1.82) is 0 Å². The molecule has 0 saturated carbocycles. The van der Waals surface area contributed by atoms with Gasteiger partial charge in [0, 0.05) is 18.5 Å². The first-order valence-corrected chi connectivity index (χ1v) is 11.5. The van der Waals surface area contributed by atoms with Gasteiger partial charge in [-0.2, -0.15) is 0 Å². The maximum absolute atomic E-state index is 13.4. The summed E-state index contributed by atoms with van der Waals surface area (Å²) in [4.78, 5) is 27.7. The molecular weight excluding hydrogens is 419 g/mol. The third kappa shape index (κ3) is 6.54. The van der Waals surface area contributed by atoms with Crippen LogP contribution in [0.5, 0.6) is 5.75 Å². The molecule has 0 heterocycles. The quantitative estimate of drug-likeness (QED) is 0.415. The molecular formula is C27H31FN2O3. The molecule has 0 aliphatic rings. The fourth-order valence-corrected chi connectivity index (χ4v) is 3.76. The predicted molar refractivity (Wildman–Crippen MR) is 128 cm³/mol. The molecule has 0 aliphatic heterocycles. The molecule has 6 heteroatoms. The van der Waals surface area contributed by atoms with E-state index in [9.17, 15) is 14.0 Å². The van der Waals surface area contributed by atoms with Gasteiger partial charge in [0.2, 0.25) is 5.91 Å². The number of halogens is 1. The van der Waals surface area contributed by atoms with Crippen molar-refractivity contribution in [3.05, 3.63) is 78.1 Å². The first-order valence-electron chi connectivity index (χ1n) is 11.5. The molecule has 0 aromatic heterocycles. The maximum atomic E-state index is 13.4. The number of hydrogen-bond acceptors (Lipinski definition) is 3. The number of amides is 2. The molecule has 0 radical (unpaired) electrons. The number of benzene rings is 3. The SMILES string of the molecule is CCCCNC(=O)[C@@H](CC)N(Cc1ccc(F)cc1)C(=O)COc1cccc2ccccc12. The number of fused-ring (bicyclic) bond motifs is 1. The van der Waals surface area contributed by atoms with Gasteiger partial charge in [0.05, 0.1) is 0 Å². The zero-order valence-electron chi connectivity index (χ0n) is 19.2. The van der Waals surface area contributed by atoms with Gasteiger partial charge < -0.3 is 15.0 Å². The van der Waals surface area contributed by atoms with E-state index < -0.39 is 6.04 Å². The van der Waals surface area contributed by atoms with Crippen molar-refractivity contribution >= 4 is 22.6 Å². The lowest BCUT2D eigenvalue weighted by atomic mass is 10.1. The summed E-state index contributed by atoms with van der Waals surface area (Å²) in [6.07, 6.45) is 2.30. The molecule has 0 spiro atoms. The van der Waals surface area contributed by atoms with Gasteiger partial charge in [0.15, 0.2) is 6.61 Å². The lowest BCUT2D eigenvalue weighted by Gasteiger charge is -2.30. The zero-order chi connectivity index (χ0) is 23.6. The van der Waals surface area contributed by atoms with E-state index in [4.69, 9.17) is 4.74 Å². The Kier molecular flexibility index (Phi) is 8.81. The first-order chi connectivity index (χ1) is 16.0. The second-order valence-corrected chi connectivity index (χ2v) is 7.98. The zero-order valence-corrected chi connectivity index (χ0v) is 19.2. The standard InChI is InChI=1S/C27H31FN2O3/c1-3-5-17-29-27(32)24(4-2)30(18-20-13-15-22(28)16-14-20)26(31)19-33-25-12-8-10-21-9-6-7-11-23(21)25/h6-16,24H,3-5,17-19H2,1-2H3,(H,29,32)/t24-/m1/s1. The van der Waals surface area contributed by atoms with Crippen molar-refractivity contribution in [2.45, 2.75) is 45.7 Å². The molecule has 5 nitrogen and oxygen atoms in total. The van der Waals surface area contributed by atoms with E-state index in [0.29, 0.717) is 18.7 Å². The van der Waals surface area contributed by atoms with Crippen molar-refractivity contribution in [1.82, 2.24) is 10.2 Å². The van der Waals surface area contributed by atoms with Crippen LogP contribution in [0.25, 0.3) is 10.8 Å². The van der Waals surface area contributed by atoms with E-state index in [1.165, 1.54) is 17.0 Å². The molecule has 3 aromatic carbocycles. The largest absolute Gasteiger partial charge is 0.483 e. The van der Waals surface area contributed by atoms with E-state index in [1.54, 1.807) is 12.1 Å². The van der Waals surface area contributed by atoms with Crippen LogP contribution in [0.15, 0.2) is 66.7 Å². The monoisotopic (exact) mass is 450 g/mol. The summed E-state index contributed by atoms with van der Waals surface area (Å²) in [5.41, 5.74) is 0.745. The Morgan fingerprint density at radius 3 is 2.45 bits per heavy atom. The van der Waals surface area contributed by atoms with Crippen molar-refractivity contribution in [2.75, 3.05) is 13.2 Å². The fourth-order valence-electron chi connectivity index (χ4n) is 3.76. The van der Waals surface area contributed by atoms with E-state index in [-0.39, 0.29) is 30.8 Å². The Morgan fingerprint density at radius 2 is 1.73 bits per heavy atom. The van der Waals surface area contributed by atoms with Gasteiger partial charge in [0.25, 0.3) is 5.91 Å². The Morgan fingerprint density at radius 1 is 1.00 bits per heavy atom.